The Morgan fingerprint density at radius 3 is 2.19 bits per heavy atom. The zero-order chi connectivity index (χ0) is 15.7. The molecule has 0 aromatic heterocycles. The van der Waals surface area contributed by atoms with Crippen molar-refractivity contribution in [2.45, 2.75) is 71.0 Å². The highest BCUT2D eigenvalue weighted by Crippen LogP contribution is 2.28. The molecule has 1 amide bonds. The number of piperidine rings is 1. The van der Waals surface area contributed by atoms with E-state index in [1.807, 2.05) is 12.1 Å². The molecule has 0 atom stereocenters. The van der Waals surface area contributed by atoms with Crippen LogP contribution in [-0.4, -0.2) is 23.0 Å². The highest BCUT2D eigenvalue weighted by molar-refractivity contribution is 5.78. The van der Waals surface area contributed by atoms with E-state index in [4.69, 9.17) is 0 Å². The second-order valence-electron chi connectivity index (χ2n) is 7.73. The normalized spacial score (nSPS) is 21.0. The van der Waals surface area contributed by atoms with Crippen molar-refractivity contribution in [2.75, 3.05) is 0 Å². The fourth-order valence-electron chi connectivity index (χ4n) is 3.59. The van der Waals surface area contributed by atoms with E-state index in [1.54, 1.807) is 0 Å². The predicted molar refractivity (Wildman–Crippen MR) is 87.3 cm³/mol. The Balaban J connectivity index is 1.94. The van der Waals surface area contributed by atoms with E-state index < -0.39 is 0 Å². The van der Waals surface area contributed by atoms with Gasteiger partial charge in [-0.05, 0) is 53.0 Å². The molecule has 3 heteroatoms. The summed E-state index contributed by atoms with van der Waals surface area (Å²) in [4.78, 5) is 12.3. The van der Waals surface area contributed by atoms with E-state index in [-0.39, 0.29) is 23.0 Å². The van der Waals surface area contributed by atoms with Crippen molar-refractivity contribution in [2.24, 2.45) is 0 Å². The molecular formula is C18H28N2O. The molecule has 21 heavy (non-hydrogen) atoms. The van der Waals surface area contributed by atoms with Crippen LogP contribution in [0, 0.1) is 6.92 Å². The lowest BCUT2D eigenvalue weighted by Crippen LogP contribution is -2.62. The van der Waals surface area contributed by atoms with Gasteiger partial charge in [0.15, 0.2) is 0 Å². The van der Waals surface area contributed by atoms with Crippen molar-refractivity contribution in [1.82, 2.24) is 10.6 Å². The van der Waals surface area contributed by atoms with Crippen LogP contribution >= 0.6 is 0 Å². The fourth-order valence-corrected chi connectivity index (χ4v) is 3.59. The van der Waals surface area contributed by atoms with Crippen LogP contribution in [0.25, 0.3) is 0 Å². The van der Waals surface area contributed by atoms with E-state index in [9.17, 15) is 4.79 Å². The van der Waals surface area contributed by atoms with Crippen LogP contribution in [0.15, 0.2) is 24.3 Å². The first kappa shape index (κ1) is 16.0. The molecule has 1 aromatic rings. The number of rotatable bonds is 3. The lowest BCUT2D eigenvalue weighted by Gasteiger charge is -2.46. The Hall–Kier alpha value is -1.35. The van der Waals surface area contributed by atoms with Gasteiger partial charge in [0.1, 0.15) is 0 Å². The average Bonchev–Trinajstić information content (AvgIpc) is 2.27. The van der Waals surface area contributed by atoms with Crippen molar-refractivity contribution in [3.63, 3.8) is 0 Å². The minimum absolute atomic E-state index is 0.0591. The summed E-state index contributed by atoms with van der Waals surface area (Å²) in [6, 6.07) is 8.42. The lowest BCUT2D eigenvalue weighted by molar-refractivity contribution is -0.121. The zero-order valence-electron chi connectivity index (χ0n) is 13.9. The highest BCUT2D eigenvalue weighted by atomic mass is 16.1. The van der Waals surface area contributed by atoms with Gasteiger partial charge in [-0.3, -0.25) is 4.79 Å². The summed E-state index contributed by atoms with van der Waals surface area (Å²) in [6.07, 6.45) is 2.40. The van der Waals surface area contributed by atoms with E-state index in [2.05, 4.69) is 57.4 Å². The topological polar surface area (TPSA) is 41.1 Å². The summed E-state index contributed by atoms with van der Waals surface area (Å²) in [7, 11) is 0. The summed E-state index contributed by atoms with van der Waals surface area (Å²) < 4.78 is 0. The molecule has 0 bridgehead atoms. The molecule has 1 aliphatic rings. The van der Waals surface area contributed by atoms with E-state index in [0.717, 1.165) is 18.4 Å². The van der Waals surface area contributed by atoms with Crippen molar-refractivity contribution < 1.29 is 4.79 Å². The predicted octanol–water partition coefficient (Wildman–Crippen LogP) is 2.96. The molecule has 0 aliphatic carbocycles. The fraction of sp³-hybridized carbons (Fsp3) is 0.611. The number of carbonyl (C=O) groups is 1. The first-order valence-corrected chi connectivity index (χ1v) is 7.79. The third kappa shape index (κ3) is 4.85. The molecule has 1 heterocycles. The largest absolute Gasteiger partial charge is 0.353 e. The van der Waals surface area contributed by atoms with Crippen LogP contribution in [0.3, 0.4) is 0 Å². The van der Waals surface area contributed by atoms with E-state index in [1.165, 1.54) is 5.56 Å². The third-order valence-electron chi connectivity index (χ3n) is 4.04. The Bertz CT molecular complexity index is 486. The molecule has 1 fully saturated rings. The first-order valence-electron chi connectivity index (χ1n) is 7.79. The van der Waals surface area contributed by atoms with Crippen LogP contribution in [0.2, 0.25) is 0 Å². The van der Waals surface area contributed by atoms with Crippen molar-refractivity contribution in [1.29, 1.82) is 0 Å². The third-order valence-corrected chi connectivity index (χ3v) is 4.04. The van der Waals surface area contributed by atoms with Gasteiger partial charge in [-0.1, -0.05) is 29.8 Å². The summed E-state index contributed by atoms with van der Waals surface area (Å²) >= 11 is 0. The Morgan fingerprint density at radius 2 is 1.67 bits per heavy atom. The van der Waals surface area contributed by atoms with Crippen LogP contribution in [0.5, 0.6) is 0 Å². The quantitative estimate of drug-likeness (QED) is 0.898. The molecular weight excluding hydrogens is 260 g/mol. The van der Waals surface area contributed by atoms with Crippen LogP contribution in [0.4, 0.5) is 0 Å². The van der Waals surface area contributed by atoms with Gasteiger partial charge in [-0.25, -0.2) is 0 Å². The van der Waals surface area contributed by atoms with Gasteiger partial charge >= 0.3 is 0 Å². The number of hydrogen-bond donors (Lipinski definition) is 2. The Morgan fingerprint density at radius 1 is 1.14 bits per heavy atom. The molecule has 2 N–H and O–H groups in total. The van der Waals surface area contributed by atoms with Crippen molar-refractivity contribution in [3.8, 4) is 0 Å². The van der Waals surface area contributed by atoms with Crippen LogP contribution < -0.4 is 10.6 Å². The van der Waals surface area contributed by atoms with E-state index >= 15 is 0 Å². The van der Waals surface area contributed by atoms with Gasteiger partial charge in [0.05, 0.1) is 6.42 Å². The molecule has 3 nitrogen and oxygen atoms in total. The second-order valence-corrected chi connectivity index (χ2v) is 7.73. The van der Waals surface area contributed by atoms with Crippen molar-refractivity contribution >= 4 is 5.91 Å². The van der Waals surface area contributed by atoms with Gasteiger partial charge in [0, 0.05) is 17.1 Å². The zero-order valence-corrected chi connectivity index (χ0v) is 13.9. The Kier molecular flexibility index (Phi) is 4.43. The number of nitrogens with one attached hydrogen (secondary N) is 2. The molecule has 1 aromatic carbocycles. The molecule has 116 valence electrons. The highest BCUT2D eigenvalue weighted by Gasteiger charge is 2.38. The molecule has 1 aliphatic heterocycles. The number of hydrogen-bond acceptors (Lipinski definition) is 2. The van der Waals surface area contributed by atoms with E-state index in [0.29, 0.717) is 6.42 Å². The van der Waals surface area contributed by atoms with Gasteiger partial charge in [-0.15, -0.1) is 0 Å². The molecule has 2 rings (SSSR count). The van der Waals surface area contributed by atoms with Crippen LogP contribution in [-0.2, 0) is 11.2 Å². The molecule has 0 spiro atoms. The maximum absolute atomic E-state index is 12.3. The van der Waals surface area contributed by atoms with Gasteiger partial charge in [0.2, 0.25) is 5.91 Å². The maximum atomic E-state index is 12.3. The minimum atomic E-state index is 0.0591. The summed E-state index contributed by atoms with van der Waals surface area (Å²) in [6.45, 7) is 10.9. The smallest absolute Gasteiger partial charge is 0.224 e. The van der Waals surface area contributed by atoms with Gasteiger partial charge in [0.25, 0.3) is 0 Å². The average molecular weight is 288 g/mol. The number of aryl methyl sites for hydroxylation is 1. The second kappa shape index (κ2) is 5.80. The number of amides is 1. The van der Waals surface area contributed by atoms with Crippen molar-refractivity contribution in [3.05, 3.63) is 35.4 Å². The minimum Gasteiger partial charge on any atom is -0.353 e. The van der Waals surface area contributed by atoms with Gasteiger partial charge in [-0.2, -0.15) is 0 Å². The standard InChI is InChI=1S/C18H28N2O/c1-13-6-8-14(9-7-13)10-16(21)19-15-11-17(2,3)20-18(4,5)12-15/h6-9,15,20H,10-12H2,1-5H3,(H,19,21). The summed E-state index contributed by atoms with van der Waals surface area (Å²) in [5.74, 6) is 0.123. The van der Waals surface area contributed by atoms with Crippen LogP contribution in [0.1, 0.15) is 51.7 Å². The molecule has 1 saturated heterocycles. The molecule has 0 radical (unpaired) electrons. The SMILES string of the molecule is Cc1ccc(CC(=O)NC2CC(C)(C)NC(C)(C)C2)cc1. The first-order chi connectivity index (χ1) is 9.65. The summed E-state index contributed by atoms with van der Waals surface area (Å²) in [5.41, 5.74) is 2.42. The number of benzene rings is 1. The maximum Gasteiger partial charge on any atom is 0.224 e. The summed E-state index contributed by atoms with van der Waals surface area (Å²) in [5, 5.41) is 6.85. The monoisotopic (exact) mass is 288 g/mol. The Labute approximate surface area is 128 Å². The molecule has 0 unspecified atom stereocenters. The molecule has 0 saturated carbocycles. The van der Waals surface area contributed by atoms with Gasteiger partial charge < -0.3 is 10.6 Å². The lowest BCUT2D eigenvalue weighted by atomic mass is 9.79. The number of carbonyl (C=O) groups excluding carboxylic acids is 1.